The van der Waals surface area contributed by atoms with E-state index in [0.717, 1.165) is 82.3 Å². The maximum Gasteiger partial charge on any atom is 0.191 e. The van der Waals surface area contributed by atoms with Gasteiger partial charge in [-0.3, -0.25) is 0 Å². The van der Waals surface area contributed by atoms with E-state index < -0.39 is 0 Å². The van der Waals surface area contributed by atoms with Crippen molar-refractivity contribution >= 4 is 29.9 Å². The molecule has 1 saturated carbocycles. The first-order chi connectivity index (χ1) is 14.7. The van der Waals surface area contributed by atoms with Gasteiger partial charge in [0.2, 0.25) is 0 Å². The van der Waals surface area contributed by atoms with Crippen molar-refractivity contribution in [2.24, 2.45) is 4.99 Å². The summed E-state index contributed by atoms with van der Waals surface area (Å²) < 4.78 is 17.6. The maximum atomic E-state index is 6.31. The first kappa shape index (κ1) is 26.2. The molecule has 6 nitrogen and oxygen atoms in total. The number of halogens is 1. The fraction of sp³-hybridized carbons (Fsp3) is 0.708. The lowest BCUT2D eigenvalue weighted by Gasteiger charge is -2.22. The maximum absolute atomic E-state index is 6.31. The van der Waals surface area contributed by atoms with Crippen LogP contribution in [0.2, 0.25) is 0 Å². The van der Waals surface area contributed by atoms with Crippen LogP contribution in [0.4, 0.5) is 0 Å². The lowest BCUT2D eigenvalue weighted by atomic mass is 10.1. The van der Waals surface area contributed by atoms with E-state index >= 15 is 0 Å². The lowest BCUT2D eigenvalue weighted by Crippen LogP contribution is -2.38. The van der Waals surface area contributed by atoms with Crippen molar-refractivity contribution in [3.8, 4) is 5.75 Å². The van der Waals surface area contributed by atoms with E-state index in [0.29, 0.717) is 18.8 Å². The molecule has 0 radical (unpaired) electrons. The van der Waals surface area contributed by atoms with Crippen LogP contribution in [0, 0.1) is 6.92 Å². The first-order valence-electron chi connectivity index (χ1n) is 11.7. The number of hydrogen-bond acceptors (Lipinski definition) is 4. The third kappa shape index (κ3) is 9.53. The summed E-state index contributed by atoms with van der Waals surface area (Å²) in [5.41, 5.74) is 2.37. The highest BCUT2D eigenvalue weighted by molar-refractivity contribution is 14.0. The van der Waals surface area contributed by atoms with Crippen molar-refractivity contribution in [1.29, 1.82) is 0 Å². The van der Waals surface area contributed by atoms with Gasteiger partial charge >= 0.3 is 0 Å². The van der Waals surface area contributed by atoms with Gasteiger partial charge in [0.25, 0.3) is 0 Å². The Kier molecular flexibility index (Phi) is 12.6. The standard InChI is InChI=1S/C24H39N3O3.HI/c1-3-25-24(26-13-6-14-29-21-11-15-28-16-12-21)27-18-20-10-9-19(2)17-23(20)30-22-7-4-5-8-22;/h9-10,17,21-22H,3-8,11-16,18H2,1-2H3,(H2,25,26,27);1H. The largest absolute Gasteiger partial charge is 0.490 e. The molecule has 1 aromatic carbocycles. The summed E-state index contributed by atoms with van der Waals surface area (Å²) in [6, 6.07) is 6.44. The Hall–Kier alpha value is -1.06. The van der Waals surface area contributed by atoms with Gasteiger partial charge in [-0.15, -0.1) is 24.0 Å². The molecular weight excluding hydrogens is 505 g/mol. The predicted molar refractivity (Wildman–Crippen MR) is 137 cm³/mol. The van der Waals surface area contributed by atoms with E-state index in [1.165, 1.54) is 18.4 Å². The van der Waals surface area contributed by atoms with Crippen LogP contribution in [0.5, 0.6) is 5.75 Å². The Morgan fingerprint density at radius 1 is 1.10 bits per heavy atom. The number of nitrogens with one attached hydrogen (secondary N) is 2. The normalized spacial score (nSPS) is 17.9. The zero-order valence-corrected chi connectivity index (χ0v) is 21.5. The number of aryl methyl sites for hydroxylation is 1. The highest BCUT2D eigenvalue weighted by atomic mass is 127. The minimum Gasteiger partial charge on any atom is -0.490 e. The second kappa shape index (κ2) is 14.9. The van der Waals surface area contributed by atoms with Crippen LogP contribution >= 0.6 is 24.0 Å². The van der Waals surface area contributed by atoms with Crippen LogP contribution in [0.25, 0.3) is 0 Å². The molecule has 0 amide bonds. The third-order valence-corrected chi connectivity index (χ3v) is 5.71. The van der Waals surface area contributed by atoms with Crippen molar-refractivity contribution < 1.29 is 14.2 Å². The fourth-order valence-electron chi connectivity index (χ4n) is 3.97. The molecule has 7 heteroatoms. The molecule has 31 heavy (non-hydrogen) atoms. The average Bonchev–Trinajstić information content (AvgIpc) is 3.26. The molecule has 176 valence electrons. The van der Waals surface area contributed by atoms with Crippen LogP contribution in [-0.4, -0.2) is 51.1 Å². The quantitative estimate of drug-likeness (QED) is 0.195. The topological polar surface area (TPSA) is 64.1 Å². The van der Waals surface area contributed by atoms with E-state index in [2.05, 4.69) is 42.7 Å². The number of nitrogens with zero attached hydrogens (tertiary/aromatic N) is 1. The number of guanidine groups is 1. The van der Waals surface area contributed by atoms with Crippen molar-refractivity contribution in [3.63, 3.8) is 0 Å². The van der Waals surface area contributed by atoms with Gasteiger partial charge in [-0.05, 0) is 70.4 Å². The fourth-order valence-corrected chi connectivity index (χ4v) is 3.97. The second-order valence-corrected chi connectivity index (χ2v) is 8.29. The van der Waals surface area contributed by atoms with Crippen molar-refractivity contribution in [2.45, 2.75) is 77.5 Å². The summed E-state index contributed by atoms with van der Waals surface area (Å²) in [5.74, 6) is 1.84. The third-order valence-electron chi connectivity index (χ3n) is 5.71. The van der Waals surface area contributed by atoms with Gasteiger partial charge in [0, 0.05) is 38.5 Å². The Labute approximate surface area is 204 Å². The van der Waals surface area contributed by atoms with Crippen LogP contribution in [0.1, 0.15) is 63.0 Å². The molecule has 0 atom stereocenters. The Balaban J connectivity index is 0.00000341. The van der Waals surface area contributed by atoms with E-state index in [4.69, 9.17) is 19.2 Å². The van der Waals surface area contributed by atoms with E-state index in [-0.39, 0.29) is 24.0 Å². The number of rotatable bonds is 10. The van der Waals surface area contributed by atoms with Crippen LogP contribution in [-0.2, 0) is 16.0 Å². The minimum atomic E-state index is 0. The summed E-state index contributed by atoms with van der Waals surface area (Å²) in [7, 11) is 0. The minimum absolute atomic E-state index is 0. The Morgan fingerprint density at radius 2 is 1.87 bits per heavy atom. The number of aliphatic imine (C=N–C) groups is 1. The van der Waals surface area contributed by atoms with Gasteiger partial charge in [0.1, 0.15) is 5.75 Å². The smallest absolute Gasteiger partial charge is 0.191 e. The number of ether oxygens (including phenoxy) is 3. The van der Waals surface area contributed by atoms with Gasteiger partial charge in [-0.25, -0.2) is 4.99 Å². The first-order valence-corrected chi connectivity index (χ1v) is 11.7. The SMILES string of the molecule is CCNC(=NCc1ccc(C)cc1OC1CCCC1)NCCCOC1CCOCC1.I. The highest BCUT2D eigenvalue weighted by Crippen LogP contribution is 2.28. The summed E-state index contributed by atoms with van der Waals surface area (Å²) in [6.45, 7) is 8.91. The van der Waals surface area contributed by atoms with E-state index in [1.54, 1.807) is 0 Å². The van der Waals surface area contributed by atoms with Crippen molar-refractivity contribution in [3.05, 3.63) is 29.3 Å². The molecule has 2 aliphatic rings. The molecule has 2 fully saturated rings. The molecule has 3 rings (SSSR count). The van der Waals surface area contributed by atoms with E-state index in [9.17, 15) is 0 Å². The zero-order chi connectivity index (χ0) is 21.0. The lowest BCUT2D eigenvalue weighted by molar-refractivity contribution is -0.0320. The van der Waals surface area contributed by atoms with Crippen LogP contribution in [0.15, 0.2) is 23.2 Å². The van der Waals surface area contributed by atoms with Gasteiger partial charge in [-0.1, -0.05) is 12.1 Å². The molecular formula is C24H40IN3O3. The van der Waals surface area contributed by atoms with Crippen LogP contribution in [0.3, 0.4) is 0 Å². The van der Waals surface area contributed by atoms with E-state index in [1.807, 2.05) is 0 Å². The zero-order valence-electron chi connectivity index (χ0n) is 19.2. The van der Waals surface area contributed by atoms with Gasteiger partial charge in [0.15, 0.2) is 5.96 Å². The molecule has 1 saturated heterocycles. The molecule has 1 aliphatic heterocycles. The monoisotopic (exact) mass is 545 g/mol. The summed E-state index contributed by atoms with van der Waals surface area (Å²) in [4.78, 5) is 4.79. The molecule has 1 heterocycles. The van der Waals surface area contributed by atoms with Crippen molar-refractivity contribution in [1.82, 2.24) is 10.6 Å². The molecule has 0 aromatic heterocycles. The molecule has 0 unspecified atom stereocenters. The molecule has 2 N–H and O–H groups in total. The molecule has 1 aliphatic carbocycles. The molecule has 0 bridgehead atoms. The molecule has 0 spiro atoms. The Bertz CT molecular complexity index is 659. The summed E-state index contributed by atoms with van der Waals surface area (Å²) in [6.07, 6.45) is 8.58. The molecule has 1 aromatic rings. The summed E-state index contributed by atoms with van der Waals surface area (Å²) in [5, 5.41) is 6.76. The second-order valence-electron chi connectivity index (χ2n) is 8.29. The predicted octanol–water partition coefficient (Wildman–Crippen LogP) is 4.58. The Morgan fingerprint density at radius 3 is 2.61 bits per heavy atom. The number of benzene rings is 1. The summed E-state index contributed by atoms with van der Waals surface area (Å²) >= 11 is 0. The van der Waals surface area contributed by atoms with Gasteiger partial charge in [-0.2, -0.15) is 0 Å². The van der Waals surface area contributed by atoms with Crippen molar-refractivity contribution in [2.75, 3.05) is 32.9 Å². The average molecular weight is 546 g/mol. The number of hydrogen-bond donors (Lipinski definition) is 2. The highest BCUT2D eigenvalue weighted by Gasteiger charge is 2.18. The van der Waals surface area contributed by atoms with Gasteiger partial charge < -0.3 is 24.8 Å². The van der Waals surface area contributed by atoms with Crippen LogP contribution < -0.4 is 15.4 Å². The van der Waals surface area contributed by atoms with Gasteiger partial charge in [0.05, 0.1) is 18.8 Å².